The zero-order valence-corrected chi connectivity index (χ0v) is 25.6. The fraction of sp³-hybridized carbons (Fsp3) is 0.0732. The van der Waals surface area contributed by atoms with E-state index in [0.717, 1.165) is 61.9 Å². The van der Waals surface area contributed by atoms with Gasteiger partial charge in [0.05, 0.1) is 11.4 Å². The van der Waals surface area contributed by atoms with Crippen molar-refractivity contribution in [3.63, 3.8) is 0 Å². The lowest BCUT2D eigenvalue weighted by Gasteiger charge is -2.29. The minimum Gasteiger partial charge on any atom is -0.310 e. The molecule has 0 spiro atoms. The van der Waals surface area contributed by atoms with Gasteiger partial charge in [-0.1, -0.05) is 79.4 Å². The van der Waals surface area contributed by atoms with Gasteiger partial charge in [0.1, 0.15) is 0 Å². The molecule has 3 aromatic carbocycles. The van der Waals surface area contributed by atoms with E-state index < -0.39 is 0 Å². The Hall–Kier alpha value is -5.54. The van der Waals surface area contributed by atoms with Crippen molar-refractivity contribution in [1.82, 2.24) is 9.97 Å². The molecule has 0 N–H and O–H groups in total. The highest BCUT2D eigenvalue weighted by atomic mass is 15.1. The number of anilines is 2. The van der Waals surface area contributed by atoms with Crippen molar-refractivity contribution in [2.75, 3.05) is 4.90 Å². The second-order valence-electron chi connectivity index (χ2n) is 10.2. The van der Waals surface area contributed by atoms with Crippen LogP contribution in [0.3, 0.4) is 0 Å². The van der Waals surface area contributed by atoms with Gasteiger partial charge >= 0.3 is 0 Å². The average molecular weight is 572 g/mol. The van der Waals surface area contributed by atoms with Crippen LogP contribution in [0.2, 0.25) is 0 Å². The summed E-state index contributed by atoms with van der Waals surface area (Å²) in [5, 5.41) is 0. The first kappa shape index (κ1) is 29.9. The molecule has 0 aliphatic rings. The summed E-state index contributed by atoms with van der Waals surface area (Å²) in [6, 6.07) is 35.9. The van der Waals surface area contributed by atoms with Crippen molar-refractivity contribution in [2.45, 2.75) is 20.8 Å². The molecule has 216 valence electrons. The van der Waals surface area contributed by atoms with Crippen LogP contribution in [0.25, 0.3) is 39.2 Å². The molecule has 0 aliphatic carbocycles. The van der Waals surface area contributed by atoms with Crippen molar-refractivity contribution >= 4 is 16.9 Å². The predicted molar refractivity (Wildman–Crippen MR) is 188 cm³/mol. The quantitative estimate of drug-likeness (QED) is 0.156. The van der Waals surface area contributed by atoms with E-state index in [4.69, 9.17) is 9.97 Å². The Morgan fingerprint density at radius 2 is 1.20 bits per heavy atom. The SMILES string of the molecule is C=C/C=C(\C=C/C)N(c1cc(C(/C=C\C)=C/C)cc(-c2ccccn2)c1)c1cc(-c2ccccc2)cc(-c2ccccn2)c1. The molecule has 0 atom stereocenters. The zero-order valence-electron chi connectivity index (χ0n) is 25.6. The van der Waals surface area contributed by atoms with Crippen LogP contribution in [0, 0.1) is 0 Å². The molecule has 0 aliphatic heterocycles. The van der Waals surface area contributed by atoms with Gasteiger partial charge in [-0.15, -0.1) is 0 Å². The fourth-order valence-corrected chi connectivity index (χ4v) is 5.29. The Balaban J connectivity index is 1.84. The Labute approximate surface area is 261 Å². The average Bonchev–Trinajstić information content (AvgIpc) is 3.08. The summed E-state index contributed by atoms with van der Waals surface area (Å²) >= 11 is 0. The maximum atomic E-state index is 4.71. The molecule has 44 heavy (non-hydrogen) atoms. The van der Waals surface area contributed by atoms with Gasteiger partial charge < -0.3 is 4.90 Å². The van der Waals surface area contributed by atoms with Gasteiger partial charge in [0.15, 0.2) is 0 Å². The molecular formula is C41H37N3. The van der Waals surface area contributed by atoms with Crippen LogP contribution in [0.15, 0.2) is 170 Å². The molecule has 5 aromatic rings. The molecule has 0 saturated carbocycles. The standard InChI is InChI=1S/C41H37N3/c1-5-16-31(8-4)33-25-35(40-21-12-14-23-42-40)29-38(27-33)44(37(17-6-2)18-7-3)39-28-34(32-19-10-9-11-20-32)26-36(30-39)41-22-13-15-24-43-41/h5-30H,2H2,1,3-4H3/b16-5-,18-7-,31-8+,37-17+. The number of hydrogen-bond acceptors (Lipinski definition) is 3. The zero-order chi connectivity index (χ0) is 30.7. The Bertz CT molecular complexity index is 1770. The number of nitrogens with zero attached hydrogens (tertiary/aromatic N) is 3. The molecule has 5 rings (SSSR count). The highest BCUT2D eigenvalue weighted by Gasteiger charge is 2.19. The molecule has 0 unspecified atom stereocenters. The Morgan fingerprint density at radius 3 is 1.77 bits per heavy atom. The van der Waals surface area contributed by atoms with E-state index in [0.29, 0.717) is 0 Å². The first-order chi connectivity index (χ1) is 21.6. The number of pyridine rings is 2. The summed E-state index contributed by atoms with van der Waals surface area (Å²) in [6.45, 7) is 10.2. The topological polar surface area (TPSA) is 29.0 Å². The van der Waals surface area contributed by atoms with Crippen LogP contribution in [0.1, 0.15) is 26.3 Å². The third kappa shape index (κ3) is 6.91. The molecule has 2 heterocycles. The highest BCUT2D eigenvalue weighted by molar-refractivity contribution is 5.86. The van der Waals surface area contributed by atoms with E-state index in [1.807, 2.05) is 68.7 Å². The van der Waals surface area contributed by atoms with E-state index >= 15 is 0 Å². The van der Waals surface area contributed by atoms with Crippen molar-refractivity contribution in [3.8, 4) is 33.6 Å². The van der Waals surface area contributed by atoms with Gasteiger partial charge in [-0.25, -0.2) is 0 Å². The minimum absolute atomic E-state index is 0.916. The number of allylic oxidation sites excluding steroid dienone is 8. The summed E-state index contributed by atoms with van der Waals surface area (Å²) in [4.78, 5) is 11.7. The minimum atomic E-state index is 0.916. The summed E-state index contributed by atoms with van der Waals surface area (Å²) < 4.78 is 0. The summed E-state index contributed by atoms with van der Waals surface area (Å²) in [6.07, 6.45) is 18.1. The van der Waals surface area contributed by atoms with Crippen LogP contribution in [-0.4, -0.2) is 9.97 Å². The first-order valence-electron chi connectivity index (χ1n) is 14.9. The van der Waals surface area contributed by atoms with Crippen molar-refractivity contribution in [2.24, 2.45) is 0 Å². The second kappa shape index (κ2) is 14.6. The molecule has 0 bridgehead atoms. The number of aromatic nitrogens is 2. The van der Waals surface area contributed by atoms with Gasteiger partial charge in [-0.2, -0.15) is 0 Å². The van der Waals surface area contributed by atoms with Gasteiger partial charge in [-0.05, 0) is 116 Å². The monoisotopic (exact) mass is 571 g/mol. The highest BCUT2D eigenvalue weighted by Crippen LogP contribution is 2.40. The van der Waals surface area contributed by atoms with E-state index in [2.05, 4.69) is 122 Å². The van der Waals surface area contributed by atoms with Crippen molar-refractivity contribution < 1.29 is 0 Å². The van der Waals surface area contributed by atoms with Crippen LogP contribution in [0.4, 0.5) is 11.4 Å². The van der Waals surface area contributed by atoms with E-state index in [1.165, 1.54) is 0 Å². The number of hydrogen-bond donors (Lipinski definition) is 0. The summed E-state index contributed by atoms with van der Waals surface area (Å²) in [5.74, 6) is 0. The second-order valence-corrected chi connectivity index (χ2v) is 10.2. The smallest absolute Gasteiger partial charge is 0.0702 e. The van der Waals surface area contributed by atoms with Gasteiger partial charge in [-0.3, -0.25) is 9.97 Å². The Kier molecular flexibility index (Phi) is 9.91. The van der Waals surface area contributed by atoms with Gasteiger partial charge in [0.25, 0.3) is 0 Å². The maximum Gasteiger partial charge on any atom is 0.0702 e. The molecule has 0 amide bonds. The molecule has 3 nitrogen and oxygen atoms in total. The lowest BCUT2D eigenvalue weighted by atomic mass is 9.97. The number of rotatable bonds is 10. The molecular weight excluding hydrogens is 534 g/mol. The third-order valence-electron chi connectivity index (χ3n) is 7.26. The Morgan fingerprint density at radius 1 is 0.614 bits per heavy atom. The van der Waals surface area contributed by atoms with Crippen molar-refractivity contribution in [1.29, 1.82) is 0 Å². The summed E-state index contributed by atoms with van der Waals surface area (Å²) in [7, 11) is 0. The van der Waals surface area contributed by atoms with Crippen LogP contribution in [0.5, 0.6) is 0 Å². The fourth-order valence-electron chi connectivity index (χ4n) is 5.29. The van der Waals surface area contributed by atoms with Crippen LogP contribution >= 0.6 is 0 Å². The lowest BCUT2D eigenvalue weighted by molar-refractivity contribution is 1.20. The largest absolute Gasteiger partial charge is 0.310 e. The van der Waals surface area contributed by atoms with Crippen LogP contribution < -0.4 is 4.90 Å². The third-order valence-corrected chi connectivity index (χ3v) is 7.26. The first-order valence-corrected chi connectivity index (χ1v) is 14.9. The normalized spacial score (nSPS) is 12.2. The molecule has 0 saturated heterocycles. The lowest BCUT2D eigenvalue weighted by Crippen LogP contribution is -2.16. The summed E-state index contributed by atoms with van der Waals surface area (Å²) in [5.41, 5.74) is 11.4. The molecule has 3 heteroatoms. The predicted octanol–water partition coefficient (Wildman–Crippen LogP) is 11.2. The van der Waals surface area contributed by atoms with E-state index in [-0.39, 0.29) is 0 Å². The molecule has 0 fully saturated rings. The van der Waals surface area contributed by atoms with Crippen molar-refractivity contribution in [3.05, 3.63) is 176 Å². The van der Waals surface area contributed by atoms with E-state index in [1.54, 1.807) is 0 Å². The number of benzene rings is 3. The molecule has 2 aromatic heterocycles. The van der Waals surface area contributed by atoms with Gasteiger partial charge in [0.2, 0.25) is 0 Å². The van der Waals surface area contributed by atoms with Crippen LogP contribution in [-0.2, 0) is 0 Å². The van der Waals surface area contributed by atoms with Gasteiger partial charge in [0, 0.05) is 40.6 Å². The molecule has 0 radical (unpaired) electrons. The van der Waals surface area contributed by atoms with E-state index in [9.17, 15) is 0 Å². The maximum absolute atomic E-state index is 4.71.